The standard InChI is InChI=1S/C49H83NO5/c1-4-7-10-13-16-19-21-23-25-27-30-33-36-39-42-49(54)55-45(40-37-34-31-29-26-24-22-20-17-14-11-8-5-2)43-48(53)50-46(44-51)47(52)41-38-35-32-28-18-15-12-9-6-3/h7-8,10-11,14,16-17,19-20,22-26,45-47,51-52H,4-6,9,12-13,15,18,21,27-44H2,1-3H3,(H,50,53)/b10-7+,11-8+,17-14+,19-16+,22-20+,25-23+,26-24-. The third kappa shape index (κ3) is 37.7. The van der Waals surface area contributed by atoms with E-state index in [0.717, 1.165) is 103 Å². The summed E-state index contributed by atoms with van der Waals surface area (Å²) in [6, 6.07) is -0.721. The molecule has 0 aromatic carbocycles. The molecule has 3 unspecified atom stereocenters. The molecule has 0 fully saturated rings. The molecule has 0 saturated heterocycles. The minimum absolute atomic E-state index is 0.0373. The molecule has 0 radical (unpaired) electrons. The number of hydrogen-bond donors (Lipinski definition) is 3. The minimum Gasteiger partial charge on any atom is -0.462 e. The van der Waals surface area contributed by atoms with Gasteiger partial charge >= 0.3 is 5.97 Å². The van der Waals surface area contributed by atoms with Gasteiger partial charge < -0.3 is 20.3 Å². The highest BCUT2D eigenvalue weighted by molar-refractivity contribution is 5.77. The molecule has 0 aliphatic heterocycles. The van der Waals surface area contributed by atoms with Gasteiger partial charge in [-0.15, -0.1) is 0 Å². The zero-order chi connectivity index (χ0) is 40.3. The molecule has 0 spiro atoms. The Hall–Kier alpha value is -2.96. The normalized spacial score (nSPS) is 14.2. The molecular weight excluding hydrogens is 683 g/mol. The van der Waals surface area contributed by atoms with Crippen molar-refractivity contribution in [1.82, 2.24) is 5.32 Å². The summed E-state index contributed by atoms with van der Waals surface area (Å²) in [4.78, 5) is 26.0. The molecule has 0 aromatic rings. The van der Waals surface area contributed by atoms with Gasteiger partial charge in [-0.2, -0.15) is 0 Å². The van der Waals surface area contributed by atoms with E-state index in [1.54, 1.807) is 0 Å². The van der Waals surface area contributed by atoms with Crippen LogP contribution in [0.3, 0.4) is 0 Å². The molecule has 0 aliphatic rings. The number of hydrogen-bond acceptors (Lipinski definition) is 5. The number of rotatable bonds is 38. The van der Waals surface area contributed by atoms with E-state index in [9.17, 15) is 19.8 Å². The van der Waals surface area contributed by atoms with Crippen molar-refractivity contribution in [2.24, 2.45) is 0 Å². The van der Waals surface area contributed by atoms with Crippen LogP contribution in [-0.4, -0.2) is 46.9 Å². The Morgan fingerprint density at radius 1 is 0.564 bits per heavy atom. The van der Waals surface area contributed by atoms with Crippen molar-refractivity contribution in [2.45, 2.75) is 206 Å². The van der Waals surface area contributed by atoms with Crippen LogP contribution in [0.15, 0.2) is 85.1 Å². The van der Waals surface area contributed by atoms with Crippen molar-refractivity contribution in [1.29, 1.82) is 0 Å². The van der Waals surface area contributed by atoms with Crippen LogP contribution in [-0.2, 0) is 14.3 Å². The lowest BCUT2D eigenvalue weighted by Crippen LogP contribution is -2.46. The first kappa shape index (κ1) is 52.0. The summed E-state index contributed by atoms with van der Waals surface area (Å²) in [6.07, 6.45) is 53.6. The third-order valence-corrected chi connectivity index (χ3v) is 9.56. The van der Waals surface area contributed by atoms with Crippen LogP contribution in [0.25, 0.3) is 0 Å². The molecule has 3 N–H and O–H groups in total. The predicted molar refractivity (Wildman–Crippen MR) is 236 cm³/mol. The van der Waals surface area contributed by atoms with Gasteiger partial charge in [0, 0.05) is 6.42 Å². The zero-order valence-electron chi connectivity index (χ0n) is 35.5. The Morgan fingerprint density at radius 2 is 1.07 bits per heavy atom. The van der Waals surface area contributed by atoms with Crippen molar-refractivity contribution in [3.05, 3.63) is 85.1 Å². The minimum atomic E-state index is -0.804. The van der Waals surface area contributed by atoms with Crippen molar-refractivity contribution < 1.29 is 24.5 Å². The van der Waals surface area contributed by atoms with E-state index in [4.69, 9.17) is 4.74 Å². The molecule has 0 rings (SSSR count). The van der Waals surface area contributed by atoms with Gasteiger partial charge in [-0.1, -0.05) is 183 Å². The zero-order valence-corrected chi connectivity index (χ0v) is 35.5. The van der Waals surface area contributed by atoms with Gasteiger partial charge in [-0.25, -0.2) is 0 Å². The van der Waals surface area contributed by atoms with Crippen molar-refractivity contribution in [3.8, 4) is 0 Å². The summed E-state index contributed by atoms with van der Waals surface area (Å²) in [5, 5.41) is 23.6. The molecule has 0 aromatic heterocycles. The van der Waals surface area contributed by atoms with E-state index >= 15 is 0 Å². The molecule has 3 atom stereocenters. The smallest absolute Gasteiger partial charge is 0.306 e. The monoisotopic (exact) mass is 766 g/mol. The number of ether oxygens (including phenoxy) is 1. The van der Waals surface area contributed by atoms with Gasteiger partial charge in [0.05, 0.1) is 25.2 Å². The summed E-state index contributed by atoms with van der Waals surface area (Å²) < 4.78 is 5.87. The van der Waals surface area contributed by atoms with Crippen LogP contribution < -0.4 is 5.32 Å². The maximum absolute atomic E-state index is 13.1. The molecule has 55 heavy (non-hydrogen) atoms. The topological polar surface area (TPSA) is 95.9 Å². The van der Waals surface area contributed by atoms with Gasteiger partial charge in [0.15, 0.2) is 0 Å². The maximum atomic E-state index is 13.1. The summed E-state index contributed by atoms with van der Waals surface area (Å²) in [7, 11) is 0. The first-order chi connectivity index (χ1) is 27.0. The second-order valence-electron chi connectivity index (χ2n) is 14.8. The van der Waals surface area contributed by atoms with Crippen LogP contribution >= 0.6 is 0 Å². The SMILES string of the molecule is CC/C=C/C=C/C=C/C=C\CCCCCC(CC(=O)NC(CO)C(O)CCCCCCCCCCC)OC(=O)CCCCCC/C=C/C/C=C/C/C=C/CC. The third-order valence-electron chi connectivity index (χ3n) is 9.56. The lowest BCUT2D eigenvalue weighted by Gasteiger charge is -2.24. The van der Waals surface area contributed by atoms with Crippen molar-refractivity contribution in [3.63, 3.8) is 0 Å². The van der Waals surface area contributed by atoms with Gasteiger partial charge in [0.2, 0.25) is 5.91 Å². The van der Waals surface area contributed by atoms with E-state index in [-0.39, 0.29) is 24.9 Å². The van der Waals surface area contributed by atoms with Crippen molar-refractivity contribution in [2.75, 3.05) is 6.61 Å². The summed E-state index contributed by atoms with van der Waals surface area (Å²) in [6.45, 7) is 6.17. The van der Waals surface area contributed by atoms with Gasteiger partial charge in [0.1, 0.15) is 6.10 Å². The molecule has 0 saturated carbocycles. The molecule has 1 amide bonds. The van der Waals surface area contributed by atoms with Gasteiger partial charge in [-0.05, 0) is 77.0 Å². The Bertz CT molecular complexity index is 1080. The molecule has 6 heteroatoms. The highest BCUT2D eigenvalue weighted by atomic mass is 16.5. The first-order valence-electron chi connectivity index (χ1n) is 22.4. The lowest BCUT2D eigenvalue weighted by atomic mass is 10.0. The number of allylic oxidation sites excluding steroid dienone is 14. The molecule has 0 aliphatic carbocycles. The lowest BCUT2D eigenvalue weighted by molar-refractivity contribution is -0.151. The van der Waals surface area contributed by atoms with Crippen LogP contribution in [0.4, 0.5) is 0 Å². The number of amides is 1. The Balaban J connectivity index is 4.74. The number of nitrogens with one attached hydrogen (secondary N) is 1. The van der Waals surface area contributed by atoms with Crippen molar-refractivity contribution >= 4 is 11.9 Å². The van der Waals surface area contributed by atoms with Crippen LogP contribution in [0.1, 0.15) is 188 Å². The molecule has 6 nitrogen and oxygen atoms in total. The largest absolute Gasteiger partial charge is 0.462 e. The Labute approximate surface area is 338 Å². The molecular formula is C49H83NO5. The quantitative estimate of drug-likeness (QED) is 0.0252. The number of aliphatic hydroxyl groups is 2. The first-order valence-corrected chi connectivity index (χ1v) is 22.4. The fraction of sp³-hybridized carbons (Fsp3) is 0.673. The number of carbonyl (C=O) groups is 2. The fourth-order valence-electron chi connectivity index (χ4n) is 6.22. The summed E-state index contributed by atoms with van der Waals surface area (Å²) >= 11 is 0. The number of esters is 1. The predicted octanol–water partition coefficient (Wildman–Crippen LogP) is 12.8. The van der Waals surface area contributed by atoms with Crippen LogP contribution in [0.5, 0.6) is 0 Å². The van der Waals surface area contributed by atoms with E-state index in [1.807, 2.05) is 30.4 Å². The van der Waals surface area contributed by atoms with Gasteiger partial charge in [0.25, 0.3) is 0 Å². The Kier molecular flexibility index (Phi) is 39.9. The average molecular weight is 766 g/mol. The van der Waals surface area contributed by atoms with E-state index in [0.29, 0.717) is 19.3 Å². The van der Waals surface area contributed by atoms with E-state index in [2.05, 4.69) is 80.8 Å². The molecule has 0 heterocycles. The van der Waals surface area contributed by atoms with Crippen LogP contribution in [0, 0.1) is 0 Å². The van der Waals surface area contributed by atoms with Crippen LogP contribution in [0.2, 0.25) is 0 Å². The Morgan fingerprint density at radius 3 is 1.73 bits per heavy atom. The number of aliphatic hydroxyl groups excluding tert-OH is 2. The molecule has 314 valence electrons. The van der Waals surface area contributed by atoms with E-state index in [1.165, 1.54) is 38.5 Å². The number of unbranched alkanes of at least 4 members (excludes halogenated alkanes) is 15. The summed E-state index contributed by atoms with van der Waals surface area (Å²) in [5.74, 6) is -0.551. The highest BCUT2D eigenvalue weighted by Gasteiger charge is 2.24. The molecule has 0 bridgehead atoms. The van der Waals surface area contributed by atoms with Gasteiger partial charge in [-0.3, -0.25) is 9.59 Å². The highest BCUT2D eigenvalue weighted by Crippen LogP contribution is 2.16. The fourth-order valence-corrected chi connectivity index (χ4v) is 6.22. The average Bonchev–Trinajstić information content (AvgIpc) is 3.18. The number of carbonyl (C=O) groups excluding carboxylic acids is 2. The second-order valence-corrected chi connectivity index (χ2v) is 14.8. The second kappa shape index (κ2) is 42.2. The van der Waals surface area contributed by atoms with E-state index < -0.39 is 18.2 Å². The maximum Gasteiger partial charge on any atom is 0.306 e. The summed E-state index contributed by atoms with van der Waals surface area (Å²) in [5.41, 5.74) is 0.